The van der Waals surface area contributed by atoms with Crippen molar-refractivity contribution in [2.24, 2.45) is 0 Å². The molecule has 138 valence electrons. The fourth-order valence-corrected chi connectivity index (χ4v) is 2.48. The quantitative estimate of drug-likeness (QED) is 0.464. The molecule has 0 unspecified atom stereocenters. The molecule has 1 N–H and O–H groups in total. The zero-order valence-corrected chi connectivity index (χ0v) is 14.7. The van der Waals surface area contributed by atoms with Gasteiger partial charge in [0.05, 0.1) is 13.2 Å². The van der Waals surface area contributed by atoms with Crippen molar-refractivity contribution in [2.75, 3.05) is 13.2 Å². The summed E-state index contributed by atoms with van der Waals surface area (Å²) in [6, 6.07) is 17.7. The number of ether oxygens (including phenoxy) is 2. The van der Waals surface area contributed by atoms with Crippen molar-refractivity contribution in [3.8, 4) is 5.75 Å². The fourth-order valence-electron chi connectivity index (χ4n) is 2.48. The summed E-state index contributed by atoms with van der Waals surface area (Å²) < 4.78 is 11.2. The van der Waals surface area contributed by atoms with Gasteiger partial charge in [-0.1, -0.05) is 42.5 Å². The molecule has 5 nitrogen and oxygen atoms in total. The van der Waals surface area contributed by atoms with Crippen LogP contribution in [0.3, 0.4) is 0 Å². The molecule has 0 spiro atoms. The summed E-state index contributed by atoms with van der Waals surface area (Å²) in [5.41, 5.74) is 2.24. The maximum Gasteiger partial charge on any atom is 0.310 e. The highest BCUT2D eigenvalue weighted by Gasteiger charge is 2.07. The van der Waals surface area contributed by atoms with Crippen LogP contribution in [0.25, 0.3) is 0 Å². The maximum absolute atomic E-state index is 11.3. The van der Waals surface area contributed by atoms with Gasteiger partial charge < -0.3 is 14.6 Å². The van der Waals surface area contributed by atoms with Gasteiger partial charge in [0.15, 0.2) is 0 Å². The molecule has 0 saturated heterocycles. The molecule has 0 amide bonds. The van der Waals surface area contributed by atoms with Gasteiger partial charge in [-0.25, -0.2) is 0 Å². The lowest BCUT2D eigenvalue weighted by molar-refractivity contribution is -0.140. The summed E-state index contributed by atoms with van der Waals surface area (Å²) in [7, 11) is 0. The van der Waals surface area contributed by atoms with Crippen LogP contribution in [0, 0.1) is 0 Å². The van der Waals surface area contributed by atoms with Crippen LogP contribution in [0.4, 0.5) is 0 Å². The maximum atomic E-state index is 11.3. The van der Waals surface area contributed by atoms with Gasteiger partial charge in [-0.2, -0.15) is 0 Å². The third-order valence-corrected chi connectivity index (χ3v) is 3.80. The number of hydrogen-bond acceptors (Lipinski definition) is 4. The van der Waals surface area contributed by atoms with Gasteiger partial charge in [-0.05, 0) is 36.1 Å². The molecule has 0 bridgehead atoms. The molecule has 2 aromatic carbocycles. The van der Waals surface area contributed by atoms with Crippen LogP contribution in [0.5, 0.6) is 5.75 Å². The van der Waals surface area contributed by atoms with E-state index in [-0.39, 0.29) is 12.2 Å². The smallest absolute Gasteiger partial charge is 0.310 e. The van der Waals surface area contributed by atoms with Gasteiger partial charge in [-0.15, -0.1) is 0 Å². The SMILES string of the molecule is O=C(O)CC(=O)CCCc1ccc(OCCOCc2ccccc2)cc1. The minimum atomic E-state index is -1.07. The van der Waals surface area contributed by atoms with Crippen LogP contribution >= 0.6 is 0 Å². The molecule has 26 heavy (non-hydrogen) atoms. The molecule has 0 aliphatic heterocycles. The molecule has 0 atom stereocenters. The minimum Gasteiger partial charge on any atom is -0.491 e. The Morgan fingerprint density at radius 2 is 1.62 bits per heavy atom. The van der Waals surface area contributed by atoms with E-state index >= 15 is 0 Å². The summed E-state index contributed by atoms with van der Waals surface area (Å²) in [5.74, 6) is -0.517. The van der Waals surface area contributed by atoms with Crippen LogP contribution in [0.15, 0.2) is 54.6 Å². The van der Waals surface area contributed by atoms with Crippen molar-refractivity contribution < 1.29 is 24.2 Å². The van der Waals surface area contributed by atoms with Crippen molar-refractivity contribution in [2.45, 2.75) is 32.3 Å². The molecule has 2 rings (SSSR count). The van der Waals surface area contributed by atoms with E-state index in [4.69, 9.17) is 14.6 Å². The van der Waals surface area contributed by atoms with Crippen molar-refractivity contribution in [3.63, 3.8) is 0 Å². The molecule has 0 aliphatic carbocycles. The van der Waals surface area contributed by atoms with Crippen LogP contribution in [-0.4, -0.2) is 30.1 Å². The molecule has 0 fully saturated rings. The third kappa shape index (κ3) is 7.94. The fraction of sp³-hybridized carbons (Fsp3) is 0.333. The number of hydrogen-bond donors (Lipinski definition) is 1. The summed E-state index contributed by atoms with van der Waals surface area (Å²) in [5, 5.41) is 8.55. The Labute approximate surface area is 153 Å². The van der Waals surface area contributed by atoms with Crippen molar-refractivity contribution in [1.82, 2.24) is 0 Å². The number of benzene rings is 2. The largest absolute Gasteiger partial charge is 0.491 e. The van der Waals surface area contributed by atoms with Crippen LogP contribution in [0.1, 0.15) is 30.4 Å². The molecule has 0 saturated carbocycles. The highest BCUT2D eigenvalue weighted by atomic mass is 16.5. The molecule has 0 aliphatic rings. The Morgan fingerprint density at radius 3 is 2.31 bits per heavy atom. The number of aliphatic carboxylic acids is 1. The second kappa shape index (κ2) is 11.1. The normalized spacial score (nSPS) is 10.5. The predicted octanol–water partition coefficient (Wildman–Crippen LogP) is 3.65. The highest BCUT2D eigenvalue weighted by Crippen LogP contribution is 2.14. The van der Waals surface area contributed by atoms with Crippen LogP contribution < -0.4 is 4.74 Å². The Morgan fingerprint density at radius 1 is 0.885 bits per heavy atom. The first-order valence-corrected chi connectivity index (χ1v) is 8.70. The average Bonchev–Trinajstić information content (AvgIpc) is 2.63. The van der Waals surface area contributed by atoms with Gasteiger partial charge in [-0.3, -0.25) is 9.59 Å². The van der Waals surface area contributed by atoms with Gasteiger partial charge in [0.2, 0.25) is 0 Å². The van der Waals surface area contributed by atoms with Crippen LogP contribution in [-0.2, 0) is 27.4 Å². The monoisotopic (exact) mass is 356 g/mol. The minimum absolute atomic E-state index is 0.229. The molecule has 0 heterocycles. The van der Waals surface area contributed by atoms with Crippen molar-refractivity contribution >= 4 is 11.8 Å². The second-order valence-corrected chi connectivity index (χ2v) is 5.99. The van der Waals surface area contributed by atoms with Gasteiger partial charge >= 0.3 is 5.97 Å². The van der Waals surface area contributed by atoms with Gasteiger partial charge in [0.1, 0.15) is 24.6 Å². The van der Waals surface area contributed by atoms with E-state index in [0.717, 1.165) is 23.3 Å². The number of carbonyl (C=O) groups excluding carboxylic acids is 1. The number of rotatable bonds is 12. The third-order valence-electron chi connectivity index (χ3n) is 3.80. The zero-order valence-electron chi connectivity index (χ0n) is 14.7. The van der Waals surface area contributed by atoms with E-state index < -0.39 is 5.97 Å². The zero-order chi connectivity index (χ0) is 18.6. The number of ketones is 1. The molecular weight excluding hydrogens is 332 g/mol. The van der Waals surface area contributed by atoms with E-state index in [2.05, 4.69) is 0 Å². The van der Waals surface area contributed by atoms with E-state index in [1.165, 1.54) is 0 Å². The van der Waals surface area contributed by atoms with E-state index in [0.29, 0.717) is 32.7 Å². The van der Waals surface area contributed by atoms with Crippen molar-refractivity contribution in [1.29, 1.82) is 0 Å². The Kier molecular flexibility index (Phi) is 8.36. The van der Waals surface area contributed by atoms with Gasteiger partial charge in [0, 0.05) is 6.42 Å². The van der Waals surface area contributed by atoms with Crippen LogP contribution in [0.2, 0.25) is 0 Å². The lowest BCUT2D eigenvalue weighted by Gasteiger charge is -2.08. The number of carboxylic acids is 1. The van der Waals surface area contributed by atoms with E-state index in [1.807, 2.05) is 54.6 Å². The predicted molar refractivity (Wildman–Crippen MR) is 98.2 cm³/mol. The number of Topliss-reactive ketones (excluding diaryl/α,β-unsaturated/α-hetero) is 1. The summed E-state index contributed by atoms with van der Waals surface area (Å²) in [6.45, 7) is 1.57. The second-order valence-electron chi connectivity index (χ2n) is 5.99. The summed E-state index contributed by atoms with van der Waals surface area (Å²) in [6.07, 6.45) is 1.30. The Hall–Kier alpha value is -2.66. The number of carboxylic acid groups (broad SMARTS) is 1. The molecule has 0 radical (unpaired) electrons. The van der Waals surface area contributed by atoms with Gasteiger partial charge in [0.25, 0.3) is 0 Å². The van der Waals surface area contributed by atoms with E-state index in [1.54, 1.807) is 0 Å². The summed E-state index contributed by atoms with van der Waals surface area (Å²) in [4.78, 5) is 21.8. The Bertz CT molecular complexity index is 679. The first kappa shape index (κ1) is 19.7. The first-order chi connectivity index (χ1) is 12.6. The Balaban J connectivity index is 1.59. The average molecular weight is 356 g/mol. The topological polar surface area (TPSA) is 72.8 Å². The number of aryl methyl sites for hydroxylation is 1. The van der Waals surface area contributed by atoms with Crippen molar-refractivity contribution in [3.05, 3.63) is 65.7 Å². The molecule has 2 aromatic rings. The number of carbonyl (C=O) groups is 2. The van der Waals surface area contributed by atoms with E-state index in [9.17, 15) is 9.59 Å². The highest BCUT2D eigenvalue weighted by molar-refractivity contribution is 5.94. The molecule has 5 heteroatoms. The lowest BCUT2D eigenvalue weighted by atomic mass is 10.1. The molecular formula is C21H24O5. The standard InChI is InChI=1S/C21H24O5/c22-19(15-21(23)24)8-4-7-17-9-11-20(12-10-17)26-14-13-25-16-18-5-2-1-3-6-18/h1-3,5-6,9-12H,4,7-8,13-16H2,(H,23,24). The summed E-state index contributed by atoms with van der Waals surface area (Å²) >= 11 is 0. The molecule has 0 aromatic heterocycles. The first-order valence-electron chi connectivity index (χ1n) is 8.70. The lowest BCUT2D eigenvalue weighted by Crippen LogP contribution is -2.07.